The van der Waals surface area contributed by atoms with Gasteiger partial charge in [-0.15, -0.1) is 0 Å². The molecule has 6 heteroatoms. The second kappa shape index (κ2) is 10.8. The summed E-state index contributed by atoms with van der Waals surface area (Å²) in [6.07, 6.45) is 1.81. The molecule has 4 rings (SSSR count). The first-order chi connectivity index (χ1) is 17.0. The third-order valence-corrected chi connectivity index (χ3v) is 6.60. The molecule has 1 aliphatic heterocycles. The van der Waals surface area contributed by atoms with Crippen LogP contribution in [-0.4, -0.2) is 32.1 Å². The fourth-order valence-electron chi connectivity index (χ4n) is 4.95. The second-order valence-corrected chi connectivity index (χ2v) is 8.93. The number of hydrogen-bond acceptors (Lipinski definition) is 6. The molecule has 0 spiro atoms. The Bertz CT molecular complexity index is 1140. The third-order valence-electron chi connectivity index (χ3n) is 6.60. The van der Waals surface area contributed by atoms with Crippen molar-refractivity contribution in [3.8, 4) is 11.5 Å². The van der Waals surface area contributed by atoms with Crippen molar-refractivity contribution in [2.75, 3.05) is 20.3 Å². The first-order valence-electron chi connectivity index (χ1n) is 12.2. The smallest absolute Gasteiger partial charge is 0.336 e. The quantitative estimate of drug-likeness (QED) is 0.515. The van der Waals surface area contributed by atoms with E-state index in [0.717, 1.165) is 40.4 Å². The van der Waals surface area contributed by atoms with Crippen molar-refractivity contribution in [2.24, 2.45) is 0 Å². The maximum Gasteiger partial charge on any atom is 0.336 e. The number of carbonyl (C=O) groups is 2. The molecule has 0 amide bonds. The summed E-state index contributed by atoms with van der Waals surface area (Å²) in [5.74, 6) is 0.789. The number of hydrogen-bond donors (Lipinski definition) is 1. The zero-order valence-corrected chi connectivity index (χ0v) is 20.9. The summed E-state index contributed by atoms with van der Waals surface area (Å²) in [7, 11) is 1.64. The Hall–Kier alpha value is -3.54. The lowest BCUT2D eigenvalue weighted by Gasteiger charge is -2.36. The molecule has 2 aromatic carbocycles. The van der Waals surface area contributed by atoms with Crippen molar-refractivity contribution in [3.63, 3.8) is 0 Å². The number of Topliss-reactive ketones (excluding diaryl/α,β-unsaturated/α-hetero) is 1. The van der Waals surface area contributed by atoms with Gasteiger partial charge in [0.2, 0.25) is 0 Å². The molecule has 2 atom stereocenters. The first-order valence-corrected chi connectivity index (χ1v) is 12.2. The zero-order valence-electron chi connectivity index (χ0n) is 20.9. The van der Waals surface area contributed by atoms with Gasteiger partial charge in [-0.25, -0.2) is 4.79 Å². The van der Waals surface area contributed by atoms with E-state index in [9.17, 15) is 9.59 Å². The minimum Gasteiger partial charge on any atom is -0.497 e. The minimum absolute atomic E-state index is 0.0479. The highest BCUT2D eigenvalue weighted by Gasteiger charge is 2.41. The Balaban J connectivity index is 1.73. The van der Waals surface area contributed by atoms with Gasteiger partial charge in [-0.05, 0) is 68.0 Å². The van der Waals surface area contributed by atoms with Crippen LogP contribution in [0.1, 0.15) is 63.0 Å². The van der Waals surface area contributed by atoms with E-state index in [0.29, 0.717) is 37.2 Å². The van der Waals surface area contributed by atoms with E-state index < -0.39 is 5.92 Å². The number of rotatable bonds is 8. The molecule has 0 unspecified atom stereocenters. The van der Waals surface area contributed by atoms with E-state index in [1.807, 2.05) is 69.3 Å². The van der Waals surface area contributed by atoms with Crippen LogP contribution >= 0.6 is 0 Å². The average Bonchev–Trinajstić information content (AvgIpc) is 2.87. The van der Waals surface area contributed by atoms with Crippen LogP contribution in [0.2, 0.25) is 0 Å². The Labute approximate surface area is 207 Å². The zero-order chi connectivity index (χ0) is 24.9. The van der Waals surface area contributed by atoms with Crippen molar-refractivity contribution in [3.05, 3.63) is 82.2 Å². The summed E-state index contributed by atoms with van der Waals surface area (Å²) < 4.78 is 16.4. The van der Waals surface area contributed by atoms with Crippen molar-refractivity contribution < 1.29 is 23.8 Å². The van der Waals surface area contributed by atoms with Gasteiger partial charge in [0.25, 0.3) is 0 Å². The number of allylic oxidation sites excluding steroid dienone is 3. The summed E-state index contributed by atoms with van der Waals surface area (Å²) in [5, 5.41) is 3.40. The van der Waals surface area contributed by atoms with E-state index in [1.165, 1.54) is 0 Å². The predicted molar refractivity (Wildman–Crippen MR) is 134 cm³/mol. The third kappa shape index (κ3) is 5.11. The van der Waals surface area contributed by atoms with E-state index in [2.05, 4.69) is 5.32 Å². The number of nitrogens with one attached hydrogen (secondary N) is 1. The lowest BCUT2D eigenvalue weighted by atomic mass is 9.71. The number of esters is 1. The van der Waals surface area contributed by atoms with Gasteiger partial charge in [0.15, 0.2) is 5.78 Å². The van der Waals surface area contributed by atoms with E-state index in [4.69, 9.17) is 14.2 Å². The van der Waals surface area contributed by atoms with E-state index in [-0.39, 0.29) is 17.7 Å². The van der Waals surface area contributed by atoms with Gasteiger partial charge < -0.3 is 19.5 Å². The molecule has 0 fully saturated rings. The standard InChI is InChI=1S/C29H33NO5/c1-5-15-35-29(32)26-18(3)30-24-16-21(19-7-11-22(33-4)12-8-19)17-25(31)28(24)27(26)20-9-13-23(14-10-20)34-6-2/h7-14,21,27,30H,5-6,15-17H2,1-4H3/t21-,27+/m0/s1. The molecule has 6 nitrogen and oxygen atoms in total. The maximum atomic E-state index is 13.7. The summed E-state index contributed by atoms with van der Waals surface area (Å²) >= 11 is 0. The van der Waals surface area contributed by atoms with E-state index in [1.54, 1.807) is 7.11 Å². The Kier molecular flexibility index (Phi) is 7.59. The number of ketones is 1. The second-order valence-electron chi connectivity index (χ2n) is 8.93. The largest absolute Gasteiger partial charge is 0.497 e. The van der Waals surface area contributed by atoms with Crippen LogP contribution in [-0.2, 0) is 14.3 Å². The molecular formula is C29H33NO5. The molecule has 2 aliphatic rings. The van der Waals surface area contributed by atoms with Gasteiger partial charge in [0, 0.05) is 29.3 Å². The van der Waals surface area contributed by atoms with Crippen molar-refractivity contribution in [1.29, 1.82) is 0 Å². The highest BCUT2D eigenvalue weighted by molar-refractivity contribution is 6.04. The average molecular weight is 476 g/mol. The molecule has 184 valence electrons. The molecule has 1 N–H and O–H groups in total. The summed E-state index contributed by atoms with van der Waals surface area (Å²) in [4.78, 5) is 26.8. The molecule has 0 saturated heterocycles. The fourth-order valence-corrected chi connectivity index (χ4v) is 4.95. The van der Waals surface area contributed by atoms with Gasteiger partial charge in [-0.3, -0.25) is 4.79 Å². The summed E-state index contributed by atoms with van der Waals surface area (Å²) in [6.45, 7) is 6.69. The van der Waals surface area contributed by atoms with Crippen molar-refractivity contribution in [1.82, 2.24) is 5.32 Å². The van der Waals surface area contributed by atoms with Gasteiger partial charge >= 0.3 is 5.97 Å². The van der Waals surface area contributed by atoms with Crippen LogP contribution < -0.4 is 14.8 Å². The monoisotopic (exact) mass is 475 g/mol. The highest BCUT2D eigenvalue weighted by atomic mass is 16.5. The lowest BCUT2D eigenvalue weighted by molar-refractivity contribution is -0.139. The Morgan fingerprint density at radius 1 is 0.971 bits per heavy atom. The lowest BCUT2D eigenvalue weighted by Crippen LogP contribution is -2.36. The Morgan fingerprint density at radius 2 is 1.63 bits per heavy atom. The van der Waals surface area contributed by atoms with Gasteiger partial charge in [-0.2, -0.15) is 0 Å². The molecular weight excluding hydrogens is 442 g/mol. The normalized spacial score (nSPS) is 19.7. The van der Waals surface area contributed by atoms with Crippen LogP contribution in [0.4, 0.5) is 0 Å². The summed E-state index contributed by atoms with van der Waals surface area (Å²) in [6, 6.07) is 15.5. The highest BCUT2D eigenvalue weighted by Crippen LogP contribution is 2.46. The Morgan fingerprint density at radius 3 is 2.26 bits per heavy atom. The predicted octanol–water partition coefficient (Wildman–Crippen LogP) is 5.41. The van der Waals surface area contributed by atoms with Crippen molar-refractivity contribution >= 4 is 11.8 Å². The van der Waals surface area contributed by atoms with Crippen LogP contribution in [0, 0.1) is 0 Å². The van der Waals surface area contributed by atoms with Crippen LogP contribution in [0.5, 0.6) is 11.5 Å². The van der Waals surface area contributed by atoms with Crippen LogP contribution in [0.25, 0.3) is 0 Å². The minimum atomic E-state index is -0.476. The number of ether oxygens (including phenoxy) is 3. The van der Waals surface area contributed by atoms with Gasteiger partial charge in [0.05, 0.1) is 25.9 Å². The number of methoxy groups -OCH3 is 1. The molecule has 0 aromatic heterocycles. The van der Waals surface area contributed by atoms with E-state index >= 15 is 0 Å². The first kappa shape index (κ1) is 24.6. The van der Waals surface area contributed by atoms with Crippen LogP contribution in [0.15, 0.2) is 71.1 Å². The molecule has 0 radical (unpaired) electrons. The number of dihydropyridines is 1. The summed E-state index contributed by atoms with van der Waals surface area (Å²) in [5.41, 5.74) is 4.74. The maximum absolute atomic E-state index is 13.7. The molecule has 1 heterocycles. The molecule has 0 saturated carbocycles. The molecule has 1 aliphatic carbocycles. The number of benzene rings is 2. The fraction of sp³-hybridized carbons (Fsp3) is 0.379. The molecule has 2 aromatic rings. The van der Waals surface area contributed by atoms with Crippen LogP contribution in [0.3, 0.4) is 0 Å². The SMILES string of the molecule is CCCOC(=O)C1=C(C)NC2=C(C(=O)C[C@@H](c3ccc(OC)cc3)C2)[C@@H]1c1ccc(OCC)cc1. The van der Waals surface area contributed by atoms with Gasteiger partial charge in [-0.1, -0.05) is 31.2 Å². The molecule has 0 bridgehead atoms. The van der Waals surface area contributed by atoms with Crippen molar-refractivity contribution in [2.45, 2.75) is 51.9 Å². The number of carbonyl (C=O) groups excluding carboxylic acids is 2. The molecule has 35 heavy (non-hydrogen) atoms. The van der Waals surface area contributed by atoms with Gasteiger partial charge in [0.1, 0.15) is 11.5 Å². The topological polar surface area (TPSA) is 73.9 Å².